The normalized spacial score (nSPS) is 10.8. The van der Waals surface area contributed by atoms with E-state index in [-0.39, 0.29) is 11.4 Å². The molecule has 106 valence electrons. The van der Waals surface area contributed by atoms with E-state index >= 15 is 0 Å². The molecule has 7 nitrogen and oxygen atoms in total. The predicted molar refractivity (Wildman–Crippen MR) is 70.5 cm³/mol. The fourth-order valence-electron chi connectivity index (χ4n) is 2.03. The van der Waals surface area contributed by atoms with Gasteiger partial charge in [-0.1, -0.05) is 6.07 Å². The maximum Gasteiger partial charge on any atom is 0.356 e. The van der Waals surface area contributed by atoms with E-state index in [9.17, 15) is 9.18 Å². The first-order valence-electron chi connectivity index (χ1n) is 5.98. The van der Waals surface area contributed by atoms with Crippen LogP contribution in [-0.4, -0.2) is 35.6 Å². The Balaban J connectivity index is 2.05. The minimum absolute atomic E-state index is 0.0896. The van der Waals surface area contributed by atoms with Gasteiger partial charge < -0.3 is 5.11 Å². The molecule has 8 heteroatoms. The number of hydrogen-bond donors (Lipinski definition) is 1. The number of carboxylic acid groups (broad SMARTS) is 1. The van der Waals surface area contributed by atoms with Crippen LogP contribution in [0.15, 0.2) is 36.9 Å². The van der Waals surface area contributed by atoms with Gasteiger partial charge in [0.05, 0.1) is 5.69 Å². The Bertz CT molecular complexity index is 810. The number of aryl methyl sites for hydroxylation is 1. The lowest BCUT2D eigenvalue weighted by atomic mass is 10.1. The van der Waals surface area contributed by atoms with Crippen molar-refractivity contribution in [2.75, 3.05) is 0 Å². The van der Waals surface area contributed by atoms with E-state index in [2.05, 4.69) is 15.2 Å². The van der Waals surface area contributed by atoms with Crippen molar-refractivity contribution in [1.29, 1.82) is 0 Å². The third-order valence-corrected chi connectivity index (χ3v) is 3.01. The molecule has 0 fully saturated rings. The molecule has 0 atom stereocenters. The largest absolute Gasteiger partial charge is 0.476 e. The molecular formula is C13H10FN5O2. The van der Waals surface area contributed by atoms with Crippen LogP contribution in [0.5, 0.6) is 0 Å². The van der Waals surface area contributed by atoms with Crippen LogP contribution in [0.2, 0.25) is 0 Å². The third-order valence-electron chi connectivity index (χ3n) is 3.01. The number of carbonyl (C=O) groups is 1. The van der Waals surface area contributed by atoms with Crippen LogP contribution in [0.3, 0.4) is 0 Å². The Labute approximate surface area is 118 Å². The topological polar surface area (TPSA) is 85.8 Å². The molecule has 3 aromatic rings. The molecule has 0 amide bonds. The highest BCUT2D eigenvalue weighted by atomic mass is 19.1. The molecule has 0 saturated carbocycles. The monoisotopic (exact) mass is 287 g/mol. The summed E-state index contributed by atoms with van der Waals surface area (Å²) < 4.78 is 16.9. The van der Waals surface area contributed by atoms with E-state index in [0.29, 0.717) is 11.3 Å². The molecular weight excluding hydrogens is 277 g/mol. The molecule has 21 heavy (non-hydrogen) atoms. The quantitative estimate of drug-likeness (QED) is 0.789. The summed E-state index contributed by atoms with van der Waals surface area (Å²) in [5.74, 6) is -1.62. The Hall–Kier alpha value is -3.03. The van der Waals surface area contributed by atoms with Crippen molar-refractivity contribution in [3.8, 4) is 16.9 Å². The van der Waals surface area contributed by atoms with E-state index in [1.807, 2.05) is 0 Å². The summed E-state index contributed by atoms with van der Waals surface area (Å²) in [6.45, 7) is 0. The average Bonchev–Trinajstić information content (AvgIpc) is 3.07. The Morgan fingerprint density at radius 2 is 2.14 bits per heavy atom. The first-order valence-corrected chi connectivity index (χ1v) is 5.98. The van der Waals surface area contributed by atoms with Gasteiger partial charge in [0.25, 0.3) is 0 Å². The van der Waals surface area contributed by atoms with Crippen molar-refractivity contribution in [3.63, 3.8) is 0 Å². The van der Waals surface area contributed by atoms with Gasteiger partial charge >= 0.3 is 5.97 Å². The molecule has 0 aliphatic heterocycles. The maximum absolute atomic E-state index is 14.2. The van der Waals surface area contributed by atoms with Crippen LogP contribution in [0.25, 0.3) is 16.9 Å². The maximum atomic E-state index is 14.2. The van der Waals surface area contributed by atoms with Crippen LogP contribution < -0.4 is 0 Å². The van der Waals surface area contributed by atoms with E-state index in [4.69, 9.17) is 5.11 Å². The van der Waals surface area contributed by atoms with Gasteiger partial charge in [0, 0.05) is 12.6 Å². The molecule has 0 spiro atoms. The molecule has 0 aliphatic carbocycles. The zero-order valence-electron chi connectivity index (χ0n) is 10.9. The number of nitrogens with zero attached hydrogens (tertiary/aromatic N) is 5. The first-order chi connectivity index (χ1) is 10.1. The van der Waals surface area contributed by atoms with Crippen LogP contribution >= 0.6 is 0 Å². The molecule has 1 aromatic carbocycles. The number of hydrogen-bond acceptors (Lipinski definition) is 4. The van der Waals surface area contributed by atoms with E-state index in [1.165, 1.54) is 34.2 Å². The summed E-state index contributed by atoms with van der Waals surface area (Å²) in [5.41, 5.74) is 1.21. The zero-order valence-corrected chi connectivity index (χ0v) is 10.9. The summed E-state index contributed by atoms with van der Waals surface area (Å²) in [6.07, 6.45) is 2.71. The lowest BCUT2D eigenvalue weighted by Gasteiger charge is -2.06. The molecule has 0 unspecified atom stereocenters. The highest BCUT2D eigenvalue weighted by Gasteiger charge is 2.14. The van der Waals surface area contributed by atoms with Crippen molar-refractivity contribution in [1.82, 2.24) is 24.5 Å². The lowest BCUT2D eigenvalue weighted by molar-refractivity contribution is 0.0689. The molecule has 2 aromatic heterocycles. The summed E-state index contributed by atoms with van der Waals surface area (Å²) in [5, 5.41) is 16.6. The predicted octanol–water partition coefficient (Wildman–Crippen LogP) is 1.51. The van der Waals surface area contributed by atoms with Gasteiger partial charge in [-0.2, -0.15) is 10.2 Å². The van der Waals surface area contributed by atoms with Gasteiger partial charge in [0.15, 0.2) is 5.69 Å². The Kier molecular flexibility index (Phi) is 2.98. The molecule has 0 bridgehead atoms. The molecule has 0 aliphatic rings. The number of benzene rings is 1. The van der Waals surface area contributed by atoms with Crippen molar-refractivity contribution in [2.45, 2.75) is 0 Å². The summed E-state index contributed by atoms with van der Waals surface area (Å²) in [4.78, 5) is 14.7. The minimum atomic E-state index is -1.13. The van der Waals surface area contributed by atoms with Crippen LogP contribution in [0.4, 0.5) is 4.39 Å². The lowest BCUT2D eigenvalue weighted by Crippen LogP contribution is -2.00. The van der Waals surface area contributed by atoms with E-state index in [0.717, 1.165) is 0 Å². The fraction of sp³-hybridized carbons (Fsp3) is 0.0769. The van der Waals surface area contributed by atoms with Crippen LogP contribution in [0.1, 0.15) is 10.5 Å². The average molecular weight is 287 g/mol. The standard InChI is InChI=1S/C13H10FN5O2/c1-18-12(5-10(17-18)13(20)21)8-2-3-11(9(14)4-8)19-7-15-6-16-19/h2-7H,1H3,(H,20,21). The molecule has 2 heterocycles. The third kappa shape index (κ3) is 2.27. The van der Waals surface area contributed by atoms with Gasteiger partial charge in [-0.3, -0.25) is 4.68 Å². The fourth-order valence-corrected chi connectivity index (χ4v) is 2.03. The highest BCUT2D eigenvalue weighted by Crippen LogP contribution is 2.23. The van der Waals surface area contributed by atoms with Gasteiger partial charge in [-0.25, -0.2) is 18.9 Å². The minimum Gasteiger partial charge on any atom is -0.476 e. The summed E-state index contributed by atoms with van der Waals surface area (Å²) >= 11 is 0. The Morgan fingerprint density at radius 1 is 1.33 bits per heavy atom. The zero-order chi connectivity index (χ0) is 15.0. The van der Waals surface area contributed by atoms with Crippen LogP contribution in [-0.2, 0) is 7.05 Å². The number of aromatic nitrogens is 5. The number of aromatic carboxylic acids is 1. The van der Waals surface area contributed by atoms with Crippen molar-refractivity contribution in [2.24, 2.45) is 7.05 Å². The second-order valence-corrected chi connectivity index (χ2v) is 4.35. The van der Waals surface area contributed by atoms with Gasteiger partial charge in [0.2, 0.25) is 0 Å². The smallest absolute Gasteiger partial charge is 0.356 e. The number of halogens is 1. The van der Waals surface area contributed by atoms with E-state index in [1.54, 1.807) is 19.2 Å². The number of rotatable bonds is 3. The summed E-state index contributed by atoms with van der Waals surface area (Å²) in [7, 11) is 1.60. The molecule has 0 radical (unpaired) electrons. The van der Waals surface area contributed by atoms with E-state index < -0.39 is 11.8 Å². The number of carboxylic acids is 1. The van der Waals surface area contributed by atoms with Crippen molar-refractivity contribution in [3.05, 3.63) is 48.4 Å². The molecule has 1 N–H and O–H groups in total. The Morgan fingerprint density at radius 3 is 2.71 bits per heavy atom. The van der Waals surface area contributed by atoms with Crippen LogP contribution in [0, 0.1) is 5.82 Å². The molecule has 3 rings (SSSR count). The van der Waals surface area contributed by atoms with Gasteiger partial charge in [-0.05, 0) is 18.2 Å². The highest BCUT2D eigenvalue weighted by molar-refractivity contribution is 5.87. The van der Waals surface area contributed by atoms with Gasteiger partial charge in [-0.15, -0.1) is 0 Å². The summed E-state index contributed by atoms with van der Waals surface area (Å²) in [6, 6.07) is 5.92. The SMILES string of the molecule is Cn1nc(C(=O)O)cc1-c1ccc(-n2cncn2)c(F)c1. The molecule has 0 saturated heterocycles. The van der Waals surface area contributed by atoms with Crippen molar-refractivity contribution >= 4 is 5.97 Å². The van der Waals surface area contributed by atoms with Crippen molar-refractivity contribution < 1.29 is 14.3 Å². The second kappa shape index (κ2) is 4.82. The van der Waals surface area contributed by atoms with Gasteiger partial charge in [0.1, 0.15) is 24.2 Å². The first kappa shape index (κ1) is 13.0. The second-order valence-electron chi connectivity index (χ2n) is 4.35.